The van der Waals surface area contributed by atoms with Crippen molar-refractivity contribution < 1.29 is 28.9 Å². The molecule has 1 amide bonds. The van der Waals surface area contributed by atoms with Gasteiger partial charge in [0, 0.05) is 6.54 Å². The van der Waals surface area contributed by atoms with E-state index in [1.807, 2.05) is 73.7 Å². The van der Waals surface area contributed by atoms with Crippen molar-refractivity contribution in [2.75, 3.05) is 33.2 Å². The molecule has 0 aromatic heterocycles. The van der Waals surface area contributed by atoms with Gasteiger partial charge in [-0.3, -0.25) is 9.59 Å². The average molecular weight is 529 g/mol. The van der Waals surface area contributed by atoms with Gasteiger partial charge < -0.3 is 30.0 Å². The lowest BCUT2D eigenvalue weighted by Crippen LogP contribution is -2.22. The van der Waals surface area contributed by atoms with Crippen molar-refractivity contribution in [3.8, 4) is 17.2 Å². The number of carbonyl (C=O) groups is 2. The molecule has 1 aliphatic rings. The molecule has 0 radical (unpaired) electrons. The zero-order valence-electron chi connectivity index (χ0n) is 22.5. The van der Waals surface area contributed by atoms with E-state index in [1.165, 1.54) is 14.2 Å². The minimum absolute atomic E-state index is 0.0691. The van der Waals surface area contributed by atoms with Crippen molar-refractivity contribution in [2.45, 2.75) is 19.9 Å². The molecule has 3 N–H and O–H groups in total. The van der Waals surface area contributed by atoms with Gasteiger partial charge >= 0.3 is 5.97 Å². The first-order valence-corrected chi connectivity index (χ1v) is 12.5. The summed E-state index contributed by atoms with van der Waals surface area (Å²) in [4.78, 5) is 24.1. The first-order chi connectivity index (χ1) is 18.8. The molecule has 0 atom stereocenters. The van der Waals surface area contributed by atoms with Gasteiger partial charge in [-0.2, -0.15) is 0 Å². The largest absolute Gasteiger partial charge is 0.497 e. The standard InChI is InChI=1S/C31H32N2O6/c1-19-24(12-21-13-27(38-3)31(28(14-21)39-4)33-18-30(35)36)23-11-10-22(37-2)15-26(23)25(19)16-29(34)32-17-20-8-6-5-7-9-20/h5-15,33H,16-18H2,1-4H3,(H,32,34)(H,35,36). The molecule has 0 bridgehead atoms. The summed E-state index contributed by atoms with van der Waals surface area (Å²) in [7, 11) is 4.66. The third-order valence-electron chi connectivity index (χ3n) is 6.62. The number of hydrogen-bond acceptors (Lipinski definition) is 6. The van der Waals surface area contributed by atoms with Gasteiger partial charge in [-0.1, -0.05) is 36.4 Å². The van der Waals surface area contributed by atoms with Crippen molar-refractivity contribution in [1.82, 2.24) is 5.32 Å². The van der Waals surface area contributed by atoms with Crippen LogP contribution in [0, 0.1) is 0 Å². The number of amides is 1. The summed E-state index contributed by atoms with van der Waals surface area (Å²) in [5, 5.41) is 15.0. The summed E-state index contributed by atoms with van der Waals surface area (Å²) in [6.07, 6.45) is 2.24. The van der Waals surface area contributed by atoms with Crippen molar-refractivity contribution >= 4 is 34.8 Å². The van der Waals surface area contributed by atoms with Crippen molar-refractivity contribution in [2.24, 2.45) is 0 Å². The lowest BCUT2D eigenvalue weighted by atomic mass is 10.00. The van der Waals surface area contributed by atoms with Crippen molar-refractivity contribution in [3.05, 3.63) is 88.5 Å². The Morgan fingerprint density at radius 1 is 0.897 bits per heavy atom. The van der Waals surface area contributed by atoms with E-state index < -0.39 is 5.97 Å². The normalized spacial score (nSPS) is 13.2. The number of carboxylic acids is 1. The number of ether oxygens (including phenoxy) is 3. The maximum atomic E-state index is 13.0. The molecule has 0 saturated carbocycles. The van der Waals surface area contributed by atoms with E-state index in [2.05, 4.69) is 10.6 Å². The van der Waals surface area contributed by atoms with Crippen LogP contribution in [-0.2, 0) is 16.1 Å². The van der Waals surface area contributed by atoms with E-state index in [1.54, 1.807) is 7.11 Å². The van der Waals surface area contributed by atoms with Gasteiger partial charge in [0.25, 0.3) is 0 Å². The number of anilines is 1. The van der Waals surface area contributed by atoms with Gasteiger partial charge in [-0.05, 0) is 76.2 Å². The van der Waals surface area contributed by atoms with Crippen LogP contribution in [0.15, 0.2) is 66.2 Å². The number of benzene rings is 3. The SMILES string of the molecule is COc1ccc2c(c1)C(CC(=O)NCc1ccccc1)=C(C)C2=Cc1cc(OC)c(NCC(=O)O)c(OC)c1. The number of rotatable bonds is 11. The summed E-state index contributed by atoms with van der Waals surface area (Å²) < 4.78 is 16.6. The Morgan fingerprint density at radius 2 is 1.59 bits per heavy atom. The Bertz CT molecular complexity index is 1420. The van der Waals surface area contributed by atoms with Gasteiger partial charge in [0.15, 0.2) is 0 Å². The van der Waals surface area contributed by atoms with Crippen LogP contribution in [0.25, 0.3) is 17.2 Å². The zero-order chi connectivity index (χ0) is 27.9. The van der Waals surface area contributed by atoms with Crippen LogP contribution in [0.4, 0.5) is 5.69 Å². The predicted molar refractivity (Wildman–Crippen MR) is 152 cm³/mol. The molecule has 0 unspecified atom stereocenters. The third kappa shape index (κ3) is 6.23. The molecule has 202 valence electrons. The van der Waals surface area contributed by atoms with E-state index in [0.29, 0.717) is 29.5 Å². The van der Waals surface area contributed by atoms with E-state index >= 15 is 0 Å². The lowest BCUT2D eigenvalue weighted by molar-refractivity contribution is -0.135. The molecule has 0 fully saturated rings. The van der Waals surface area contributed by atoms with E-state index in [4.69, 9.17) is 19.3 Å². The van der Waals surface area contributed by atoms with Crippen LogP contribution < -0.4 is 24.8 Å². The minimum Gasteiger partial charge on any atom is -0.497 e. The molecule has 0 heterocycles. The van der Waals surface area contributed by atoms with Crippen LogP contribution in [0.5, 0.6) is 17.2 Å². The quantitative estimate of drug-likeness (QED) is 0.312. The minimum atomic E-state index is -0.996. The molecule has 4 rings (SSSR count). The summed E-state index contributed by atoms with van der Waals surface area (Å²) in [6.45, 7) is 2.19. The van der Waals surface area contributed by atoms with Gasteiger partial charge in [-0.15, -0.1) is 0 Å². The van der Waals surface area contributed by atoms with Crippen LogP contribution in [0.3, 0.4) is 0 Å². The average Bonchev–Trinajstić information content (AvgIpc) is 3.20. The molecule has 39 heavy (non-hydrogen) atoms. The van der Waals surface area contributed by atoms with Gasteiger partial charge in [0.05, 0.1) is 27.8 Å². The monoisotopic (exact) mass is 528 g/mol. The van der Waals surface area contributed by atoms with Crippen molar-refractivity contribution in [1.29, 1.82) is 0 Å². The Morgan fingerprint density at radius 3 is 2.21 bits per heavy atom. The molecule has 3 aromatic carbocycles. The number of hydrogen-bond donors (Lipinski definition) is 3. The maximum absolute atomic E-state index is 13.0. The third-order valence-corrected chi connectivity index (χ3v) is 6.62. The zero-order valence-corrected chi connectivity index (χ0v) is 22.5. The molecule has 0 saturated heterocycles. The predicted octanol–water partition coefficient (Wildman–Crippen LogP) is 5.24. The molecule has 8 heteroatoms. The Balaban J connectivity index is 1.70. The fraction of sp³-hybridized carbons (Fsp3) is 0.226. The number of carboxylic acid groups (broad SMARTS) is 1. The van der Waals surface area contributed by atoms with Crippen molar-refractivity contribution in [3.63, 3.8) is 0 Å². The second-order valence-electron chi connectivity index (χ2n) is 9.06. The van der Waals surface area contributed by atoms with Gasteiger partial charge in [0.1, 0.15) is 29.5 Å². The molecular weight excluding hydrogens is 496 g/mol. The fourth-order valence-corrected chi connectivity index (χ4v) is 4.66. The highest BCUT2D eigenvalue weighted by atomic mass is 16.5. The van der Waals surface area contributed by atoms with E-state index in [9.17, 15) is 9.59 Å². The van der Waals surface area contributed by atoms with Crippen LogP contribution >= 0.6 is 0 Å². The fourth-order valence-electron chi connectivity index (χ4n) is 4.66. The Kier molecular flexibility index (Phi) is 8.56. The molecular formula is C31H32N2O6. The highest BCUT2D eigenvalue weighted by Crippen LogP contribution is 2.46. The number of carbonyl (C=O) groups excluding carboxylic acids is 1. The number of nitrogens with one attached hydrogen (secondary N) is 2. The molecule has 0 aliphatic heterocycles. The number of aliphatic carboxylic acids is 1. The topological polar surface area (TPSA) is 106 Å². The summed E-state index contributed by atoms with van der Waals surface area (Å²) >= 11 is 0. The number of fused-ring (bicyclic) bond motifs is 1. The maximum Gasteiger partial charge on any atom is 0.322 e. The van der Waals surface area contributed by atoms with E-state index in [-0.39, 0.29) is 18.9 Å². The highest BCUT2D eigenvalue weighted by Gasteiger charge is 2.26. The van der Waals surface area contributed by atoms with Gasteiger partial charge in [-0.25, -0.2) is 0 Å². The molecule has 1 aliphatic carbocycles. The number of methoxy groups -OCH3 is 3. The summed E-state index contributed by atoms with van der Waals surface area (Å²) in [5.74, 6) is 0.557. The highest BCUT2D eigenvalue weighted by molar-refractivity contribution is 6.08. The summed E-state index contributed by atoms with van der Waals surface area (Å²) in [5.41, 5.74) is 7.12. The Hall–Kier alpha value is -4.72. The lowest BCUT2D eigenvalue weighted by Gasteiger charge is -2.15. The molecule has 3 aromatic rings. The van der Waals surface area contributed by atoms with Crippen LogP contribution in [0.1, 0.15) is 35.6 Å². The van der Waals surface area contributed by atoms with Crippen LogP contribution in [0.2, 0.25) is 0 Å². The van der Waals surface area contributed by atoms with Gasteiger partial charge in [0.2, 0.25) is 5.91 Å². The summed E-state index contributed by atoms with van der Waals surface area (Å²) in [6, 6.07) is 19.3. The second kappa shape index (κ2) is 12.2. The second-order valence-corrected chi connectivity index (χ2v) is 9.06. The smallest absolute Gasteiger partial charge is 0.322 e. The molecule has 8 nitrogen and oxygen atoms in total. The first-order valence-electron chi connectivity index (χ1n) is 12.5. The van der Waals surface area contributed by atoms with E-state index in [0.717, 1.165) is 39.0 Å². The number of allylic oxidation sites excluding steroid dienone is 2. The Labute approximate surface area is 227 Å². The molecule has 0 spiro atoms. The van der Waals surface area contributed by atoms with Crippen LogP contribution in [-0.4, -0.2) is 44.9 Å². The first kappa shape index (κ1) is 27.3.